The molecule has 1 aromatic rings. The Kier molecular flexibility index (Phi) is 2.98. The maximum Gasteiger partial charge on any atom is 0.495 e. The summed E-state index contributed by atoms with van der Waals surface area (Å²) in [5, 5.41) is 0. The molecule has 6 heteroatoms. The van der Waals surface area contributed by atoms with E-state index in [1.54, 1.807) is 0 Å². The molecule has 0 unspecified atom stereocenters. The standard InChI is InChI=1S/C12H14BF3O2/c1-11(2)12(3,4)18-13(17-11)7-5-8(14)10(16)9(15)6-7/h5-6H,1-4H3. The van der Waals surface area contributed by atoms with Gasteiger partial charge in [0.15, 0.2) is 17.5 Å². The fourth-order valence-electron chi connectivity index (χ4n) is 1.69. The predicted molar refractivity (Wildman–Crippen MR) is 62.0 cm³/mol. The van der Waals surface area contributed by atoms with E-state index in [4.69, 9.17) is 9.31 Å². The first-order valence-corrected chi connectivity index (χ1v) is 5.64. The maximum absolute atomic E-state index is 13.2. The molecule has 2 rings (SSSR count). The van der Waals surface area contributed by atoms with E-state index < -0.39 is 35.8 Å². The van der Waals surface area contributed by atoms with Gasteiger partial charge in [0.1, 0.15) is 0 Å². The molecule has 0 bridgehead atoms. The van der Waals surface area contributed by atoms with Gasteiger partial charge in [-0.05, 0) is 45.3 Å². The third-order valence-electron chi connectivity index (χ3n) is 3.53. The van der Waals surface area contributed by atoms with Crippen molar-refractivity contribution in [1.82, 2.24) is 0 Å². The van der Waals surface area contributed by atoms with E-state index >= 15 is 0 Å². The summed E-state index contributed by atoms with van der Waals surface area (Å²) in [7, 11) is -0.903. The fraction of sp³-hybridized carbons (Fsp3) is 0.500. The minimum absolute atomic E-state index is 0.130. The molecule has 1 fully saturated rings. The van der Waals surface area contributed by atoms with Crippen LogP contribution in [0.4, 0.5) is 13.2 Å². The van der Waals surface area contributed by atoms with Crippen LogP contribution in [0.15, 0.2) is 12.1 Å². The van der Waals surface area contributed by atoms with Gasteiger partial charge < -0.3 is 9.31 Å². The molecule has 98 valence electrons. The van der Waals surface area contributed by atoms with Gasteiger partial charge in [0, 0.05) is 0 Å². The van der Waals surface area contributed by atoms with Crippen molar-refractivity contribution in [3.63, 3.8) is 0 Å². The molecule has 1 saturated heterocycles. The third-order valence-corrected chi connectivity index (χ3v) is 3.53. The van der Waals surface area contributed by atoms with Crippen molar-refractivity contribution in [2.75, 3.05) is 0 Å². The van der Waals surface area contributed by atoms with Gasteiger partial charge in [0.05, 0.1) is 11.2 Å². The summed E-state index contributed by atoms with van der Waals surface area (Å²) in [5.41, 5.74) is -1.09. The molecule has 0 saturated carbocycles. The zero-order chi connectivity index (χ0) is 13.7. The second-order valence-electron chi connectivity index (χ2n) is 5.39. The highest BCUT2D eigenvalue weighted by Gasteiger charge is 2.51. The Morgan fingerprint density at radius 1 is 0.889 bits per heavy atom. The molecule has 0 amide bonds. The van der Waals surface area contributed by atoms with Gasteiger partial charge in [-0.15, -0.1) is 0 Å². The van der Waals surface area contributed by atoms with Crippen molar-refractivity contribution in [2.45, 2.75) is 38.9 Å². The topological polar surface area (TPSA) is 18.5 Å². The summed E-state index contributed by atoms with van der Waals surface area (Å²) in [6.07, 6.45) is 0. The number of hydrogen-bond acceptors (Lipinski definition) is 2. The Morgan fingerprint density at radius 3 is 1.67 bits per heavy atom. The smallest absolute Gasteiger partial charge is 0.399 e. The number of benzene rings is 1. The van der Waals surface area contributed by atoms with Gasteiger partial charge in [0.2, 0.25) is 0 Å². The quantitative estimate of drug-likeness (QED) is 0.568. The highest BCUT2D eigenvalue weighted by molar-refractivity contribution is 6.62. The first kappa shape index (κ1) is 13.4. The van der Waals surface area contributed by atoms with E-state index in [1.807, 2.05) is 27.7 Å². The molecule has 0 aromatic heterocycles. The first-order chi connectivity index (χ1) is 8.14. The van der Waals surface area contributed by atoms with Crippen molar-refractivity contribution >= 4 is 12.6 Å². The lowest BCUT2D eigenvalue weighted by Crippen LogP contribution is -2.41. The molecule has 1 aliphatic heterocycles. The van der Waals surface area contributed by atoms with Crippen molar-refractivity contribution < 1.29 is 22.5 Å². The minimum Gasteiger partial charge on any atom is -0.399 e. The number of halogens is 3. The molecule has 1 heterocycles. The number of rotatable bonds is 1. The largest absolute Gasteiger partial charge is 0.495 e. The van der Waals surface area contributed by atoms with Crippen LogP contribution in [-0.4, -0.2) is 18.3 Å². The molecule has 0 aliphatic carbocycles. The van der Waals surface area contributed by atoms with Gasteiger partial charge >= 0.3 is 7.12 Å². The van der Waals surface area contributed by atoms with Crippen molar-refractivity contribution in [2.24, 2.45) is 0 Å². The van der Waals surface area contributed by atoms with Crippen molar-refractivity contribution in [3.8, 4) is 0 Å². The van der Waals surface area contributed by atoms with E-state index in [0.717, 1.165) is 12.1 Å². The van der Waals surface area contributed by atoms with Gasteiger partial charge in [0.25, 0.3) is 0 Å². The van der Waals surface area contributed by atoms with E-state index in [9.17, 15) is 13.2 Å². The van der Waals surface area contributed by atoms with Gasteiger partial charge in [-0.1, -0.05) is 0 Å². The van der Waals surface area contributed by atoms with Crippen LogP contribution in [0.1, 0.15) is 27.7 Å². The highest BCUT2D eigenvalue weighted by atomic mass is 19.2. The average molecular weight is 258 g/mol. The summed E-state index contributed by atoms with van der Waals surface area (Å²) in [6.45, 7) is 7.29. The molecular formula is C12H14BF3O2. The second-order valence-corrected chi connectivity index (χ2v) is 5.39. The molecule has 1 aliphatic rings. The summed E-state index contributed by atoms with van der Waals surface area (Å²) >= 11 is 0. The second kappa shape index (κ2) is 4.00. The van der Waals surface area contributed by atoms with Crippen LogP contribution in [0.25, 0.3) is 0 Å². The SMILES string of the molecule is CC1(C)OB(c2cc(F)c(F)c(F)c2)OC1(C)C. The summed E-state index contributed by atoms with van der Waals surface area (Å²) in [5.74, 6) is -3.99. The molecular weight excluding hydrogens is 244 g/mol. The van der Waals surface area contributed by atoms with Gasteiger partial charge in [-0.25, -0.2) is 13.2 Å². The van der Waals surface area contributed by atoms with Crippen LogP contribution in [0.5, 0.6) is 0 Å². The monoisotopic (exact) mass is 258 g/mol. The Morgan fingerprint density at radius 2 is 1.28 bits per heavy atom. The van der Waals surface area contributed by atoms with Crippen molar-refractivity contribution in [3.05, 3.63) is 29.6 Å². The average Bonchev–Trinajstić information content (AvgIpc) is 2.44. The van der Waals surface area contributed by atoms with Crippen LogP contribution in [0.3, 0.4) is 0 Å². The third kappa shape index (κ3) is 2.03. The lowest BCUT2D eigenvalue weighted by atomic mass is 9.79. The van der Waals surface area contributed by atoms with Crippen LogP contribution < -0.4 is 5.46 Å². The van der Waals surface area contributed by atoms with Crippen LogP contribution in [0, 0.1) is 17.5 Å². The van der Waals surface area contributed by atoms with Crippen LogP contribution in [-0.2, 0) is 9.31 Å². The minimum atomic E-state index is -1.49. The van der Waals surface area contributed by atoms with Crippen LogP contribution in [0.2, 0.25) is 0 Å². The van der Waals surface area contributed by atoms with Crippen molar-refractivity contribution in [1.29, 1.82) is 0 Å². The molecule has 2 nitrogen and oxygen atoms in total. The van der Waals surface area contributed by atoms with E-state index in [-0.39, 0.29) is 5.46 Å². The van der Waals surface area contributed by atoms with Crippen LogP contribution >= 0.6 is 0 Å². The molecule has 0 spiro atoms. The Balaban J connectivity index is 2.36. The Hall–Kier alpha value is -1.01. The molecule has 18 heavy (non-hydrogen) atoms. The van der Waals surface area contributed by atoms with Gasteiger partial charge in [-0.2, -0.15) is 0 Å². The molecule has 0 radical (unpaired) electrons. The highest BCUT2D eigenvalue weighted by Crippen LogP contribution is 2.36. The van der Waals surface area contributed by atoms with Gasteiger partial charge in [-0.3, -0.25) is 0 Å². The summed E-state index contributed by atoms with van der Waals surface area (Å²) in [4.78, 5) is 0. The van der Waals surface area contributed by atoms with E-state index in [0.29, 0.717) is 0 Å². The summed E-state index contributed by atoms with van der Waals surface area (Å²) < 4.78 is 50.4. The molecule has 0 N–H and O–H groups in total. The lowest BCUT2D eigenvalue weighted by molar-refractivity contribution is 0.00578. The fourth-order valence-corrected chi connectivity index (χ4v) is 1.69. The van der Waals surface area contributed by atoms with E-state index in [1.165, 1.54) is 0 Å². The Bertz CT molecular complexity index is 449. The molecule has 0 atom stereocenters. The first-order valence-electron chi connectivity index (χ1n) is 5.64. The summed E-state index contributed by atoms with van der Waals surface area (Å²) in [6, 6.07) is 1.78. The lowest BCUT2D eigenvalue weighted by Gasteiger charge is -2.32. The maximum atomic E-state index is 13.2. The predicted octanol–water partition coefficient (Wildman–Crippen LogP) is 2.40. The van der Waals surface area contributed by atoms with E-state index in [2.05, 4.69) is 0 Å². The zero-order valence-electron chi connectivity index (χ0n) is 10.7. The number of hydrogen-bond donors (Lipinski definition) is 0. The zero-order valence-corrected chi connectivity index (χ0v) is 10.7. The molecule has 1 aromatic carbocycles. The Labute approximate surface area is 104 Å². The normalized spacial score (nSPS) is 21.4.